The number of hydrogen-bond acceptors (Lipinski definition) is 6. The molecule has 0 spiro atoms. The Kier molecular flexibility index (Phi) is 6.24. The largest absolute Gasteiger partial charge is 0.493 e. The lowest BCUT2D eigenvalue weighted by Gasteiger charge is -2.55. The third-order valence-electron chi connectivity index (χ3n) is 7.40. The number of amides is 2. The summed E-state index contributed by atoms with van der Waals surface area (Å²) in [6.07, 6.45) is 8.36. The highest BCUT2D eigenvalue weighted by Crippen LogP contribution is 2.60. The maximum Gasteiger partial charge on any atom is 0.285 e. The normalized spacial score (nSPS) is 31.4. The van der Waals surface area contributed by atoms with Crippen LogP contribution in [0, 0.1) is 23.2 Å². The zero-order valence-electron chi connectivity index (χ0n) is 18.7. The summed E-state index contributed by atoms with van der Waals surface area (Å²) < 4.78 is 12.2. The van der Waals surface area contributed by atoms with Gasteiger partial charge in [-0.3, -0.25) is 15.0 Å². The van der Waals surface area contributed by atoms with Gasteiger partial charge >= 0.3 is 0 Å². The van der Waals surface area contributed by atoms with E-state index >= 15 is 0 Å². The van der Waals surface area contributed by atoms with Crippen molar-refractivity contribution in [2.75, 3.05) is 13.7 Å². The van der Waals surface area contributed by atoms with E-state index < -0.39 is 0 Å². The first kappa shape index (κ1) is 23.2. The number of rotatable bonds is 6. The molecule has 1 saturated heterocycles. The summed E-state index contributed by atoms with van der Waals surface area (Å²) >= 11 is 10.2. The SMILES string of the molecule is CCOc1cc(Br)c(/C=C2\SC(=S)N(NC(=O)C34CC5CC(CC(C5)C3)C4)C2=O)cc1OC. The van der Waals surface area contributed by atoms with Crippen molar-refractivity contribution in [1.29, 1.82) is 0 Å². The number of hydrazine groups is 1. The van der Waals surface area contributed by atoms with Crippen molar-refractivity contribution >= 4 is 62.1 Å². The van der Waals surface area contributed by atoms with Crippen molar-refractivity contribution in [1.82, 2.24) is 10.4 Å². The lowest BCUT2D eigenvalue weighted by molar-refractivity contribution is -0.152. The van der Waals surface area contributed by atoms with Crippen LogP contribution in [0.15, 0.2) is 21.5 Å². The lowest BCUT2D eigenvalue weighted by Crippen LogP contribution is -2.57. The van der Waals surface area contributed by atoms with Crippen LogP contribution in [0.1, 0.15) is 51.0 Å². The Labute approximate surface area is 211 Å². The Morgan fingerprint density at radius 2 is 1.88 bits per heavy atom. The van der Waals surface area contributed by atoms with Crippen molar-refractivity contribution in [2.24, 2.45) is 23.2 Å². The lowest BCUT2D eigenvalue weighted by atomic mass is 9.49. The number of hydrogen-bond donors (Lipinski definition) is 1. The Hall–Kier alpha value is -1.58. The molecule has 5 fully saturated rings. The number of nitrogens with one attached hydrogen (secondary N) is 1. The number of ether oxygens (including phenoxy) is 2. The molecule has 176 valence electrons. The first-order chi connectivity index (χ1) is 15.8. The molecular formula is C24H27BrN2O4S2. The van der Waals surface area contributed by atoms with E-state index in [9.17, 15) is 9.59 Å². The Morgan fingerprint density at radius 3 is 2.45 bits per heavy atom. The van der Waals surface area contributed by atoms with E-state index in [0.717, 1.165) is 29.3 Å². The van der Waals surface area contributed by atoms with Gasteiger partial charge in [-0.05, 0) is 99.2 Å². The quantitative estimate of drug-likeness (QED) is 0.382. The van der Waals surface area contributed by atoms with Crippen LogP contribution in [-0.4, -0.2) is 34.9 Å². The Bertz CT molecular complexity index is 1020. The van der Waals surface area contributed by atoms with Crippen LogP contribution < -0.4 is 14.9 Å². The van der Waals surface area contributed by atoms with Gasteiger partial charge in [-0.1, -0.05) is 27.7 Å². The number of benzene rings is 1. The maximum absolute atomic E-state index is 13.4. The molecule has 33 heavy (non-hydrogen) atoms. The minimum Gasteiger partial charge on any atom is -0.493 e. The molecule has 6 nitrogen and oxygen atoms in total. The molecule has 1 aliphatic heterocycles. The molecule has 4 saturated carbocycles. The summed E-state index contributed by atoms with van der Waals surface area (Å²) in [6.45, 7) is 2.43. The molecule has 0 radical (unpaired) electrons. The van der Waals surface area contributed by atoms with Crippen molar-refractivity contribution < 1.29 is 19.1 Å². The van der Waals surface area contributed by atoms with E-state index in [1.165, 1.54) is 36.0 Å². The van der Waals surface area contributed by atoms with E-state index in [0.29, 0.717) is 45.1 Å². The zero-order valence-corrected chi connectivity index (χ0v) is 21.9. The van der Waals surface area contributed by atoms with Gasteiger partial charge in [0.2, 0.25) is 5.91 Å². The average Bonchev–Trinajstić information content (AvgIpc) is 3.02. The second-order valence-corrected chi connectivity index (χ2v) is 12.1. The van der Waals surface area contributed by atoms with Gasteiger partial charge in [0.05, 0.1) is 24.0 Å². The fourth-order valence-electron chi connectivity index (χ4n) is 6.40. The number of nitrogens with zero attached hydrogens (tertiary/aromatic N) is 1. The van der Waals surface area contributed by atoms with Crippen LogP contribution >= 0.6 is 39.9 Å². The third-order valence-corrected chi connectivity index (χ3v) is 9.39. The smallest absolute Gasteiger partial charge is 0.285 e. The minimum absolute atomic E-state index is 0.0388. The van der Waals surface area contributed by atoms with Gasteiger partial charge < -0.3 is 9.47 Å². The topological polar surface area (TPSA) is 67.9 Å². The van der Waals surface area contributed by atoms with Crippen LogP contribution in [0.2, 0.25) is 0 Å². The molecule has 0 atom stereocenters. The molecule has 0 aromatic heterocycles. The van der Waals surface area contributed by atoms with Crippen molar-refractivity contribution in [3.63, 3.8) is 0 Å². The molecule has 9 heteroatoms. The van der Waals surface area contributed by atoms with E-state index in [4.69, 9.17) is 21.7 Å². The minimum atomic E-state index is -0.340. The molecule has 0 unspecified atom stereocenters. The van der Waals surface area contributed by atoms with Crippen LogP contribution in [0.5, 0.6) is 11.5 Å². The van der Waals surface area contributed by atoms with Crippen LogP contribution in [-0.2, 0) is 9.59 Å². The molecule has 4 aliphatic carbocycles. The first-order valence-electron chi connectivity index (χ1n) is 11.4. The molecule has 1 N–H and O–H groups in total. The molecule has 1 aromatic carbocycles. The van der Waals surface area contributed by atoms with Gasteiger partial charge in [-0.25, -0.2) is 0 Å². The van der Waals surface area contributed by atoms with Gasteiger partial charge in [0, 0.05) is 4.47 Å². The van der Waals surface area contributed by atoms with E-state index in [1.54, 1.807) is 13.2 Å². The average molecular weight is 552 g/mol. The highest BCUT2D eigenvalue weighted by Gasteiger charge is 2.55. The third kappa shape index (κ3) is 4.21. The van der Waals surface area contributed by atoms with Crippen LogP contribution in [0.3, 0.4) is 0 Å². The summed E-state index contributed by atoms with van der Waals surface area (Å²) in [6, 6.07) is 3.64. The maximum atomic E-state index is 13.4. The monoisotopic (exact) mass is 550 g/mol. The molecular weight excluding hydrogens is 524 g/mol. The molecule has 5 aliphatic rings. The number of halogens is 1. The molecule has 1 heterocycles. The highest BCUT2D eigenvalue weighted by molar-refractivity contribution is 9.10. The fraction of sp³-hybridized carbons (Fsp3) is 0.542. The predicted molar refractivity (Wildman–Crippen MR) is 136 cm³/mol. The standard InChI is InChI=1S/C24H27BrN2O4S2/c1-3-31-19-9-17(25)16(7-18(19)30-2)8-20-21(28)27(23(32)33-20)26-22(29)24-10-13-4-14(11-24)6-15(5-13)12-24/h7-9,13-15H,3-6,10-12H2,1-2H3,(H,26,29)/b20-8-. The zero-order chi connectivity index (χ0) is 23.3. The number of methoxy groups -OCH3 is 1. The second-order valence-electron chi connectivity index (χ2n) is 9.61. The summed E-state index contributed by atoms with van der Waals surface area (Å²) in [4.78, 5) is 27.1. The summed E-state index contributed by atoms with van der Waals surface area (Å²) in [5.74, 6) is 2.82. The van der Waals surface area contributed by atoms with Gasteiger partial charge in [-0.2, -0.15) is 5.01 Å². The molecule has 4 bridgehead atoms. The summed E-state index contributed by atoms with van der Waals surface area (Å²) in [5.41, 5.74) is 3.33. The van der Waals surface area contributed by atoms with Crippen molar-refractivity contribution in [3.8, 4) is 11.5 Å². The first-order valence-corrected chi connectivity index (χ1v) is 13.4. The molecule has 6 rings (SSSR count). The highest BCUT2D eigenvalue weighted by atomic mass is 79.9. The number of thioether (sulfide) groups is 1. The number of carbonyl (C=O) groups is 2. The van der Waals surface area contributed by atoms with Gasteiger partial charge in [0.25, 0.3) is 5.91 Å². The van der Waals surface area contributed by atoms with Crippen LogP contribution in [0.25, 0.3) is 6.08 Å². The summed E-state index contributed by atoms with van der Waals surface area (Å²) in [7, 11) is 1.58. The van der Waals surface area contributed by atoms with Crippen molar-refractivity contribution in [2.45, 2.75) is 45.4 Å². The Morgan fingerprint density at radius 1 is 1.24 bits per heavy atom. The van der Waals surface area contributed by atoms with E-state index in [-0.39, 0.29) is 17.2 Å². The van der Waals surface area contributed by atoms with E-state index in [1.807, 2.05) is 19.1 Å². The Balaban J connectivity index is 1.34. The van der Waals surface area contributed by atoms with Crippen LogP contribution in [0.4, 0.5) is 0 Å². The van der Waals surface area contributed by atoms with Gasteiger partial charge in [0.15, 0.2) is 15.8 Å². The predicted octanol–water partition coefficient (Wildman–Crippen LogP) is 5.31. The number of carbonyl (C=O) groups excluding carboxylic acids is 2. The van der Waals surface area contributed by atoms with Gasteiger partial charge in [0.1, 0.15) is 0 Å². The van der Waals surface area contributed by atoms with E-state index in [2.05, 4.69) is 21.4 Å². The second kappa shape index (κ2) is 8.89. The van der Waals surface area contributed by atoms with Crippen molar-refractivity contribution in [3.05, 3.63) is 27.1 Å². The summed E-state index contributed by atoms with van der Waals surface area (Å²) in [5, 5.41) is 1.26. The van der Waals surface area contributed by atoms with Gasteiger partial charge in [-0.15, -0.1) is 0 Å². The fourth-order valence-corrected chi connectivity index (χ4v) is 8.01. The molecule has 1 aromatic rings. The molecule has 2 amide bonds. The number of thiocarbonyl (C=S) groups is 1.